The number of carbonyl (C=O) groups is 2. The Kier molecular flexibility index (Phi) is 5.32. The molecule has 2 unspecified atom stereocenters. The van der Waals surface area contributed by atoms with E-state index in [1.807, 2.05) is 26.0 Å². The number of hydrogen-bond donors (Lipinski definition) is 1. The second kappa shape index (κ2) is 6.89. The van der Waals surface area contributed by atoms with Gasteiger partial charge in [-0.2, -0.15) is 0 Å². The summed E-state index contributed by atoms with van der Waals surface area (Å²) in [6.45, 7) is 4.08. The fraction of sp³-hybridized carbons (Fsp3) is 0.529. The lowest BCUT2D eigenvalue weighted by Gasteiger charge is -2.33. The van der Waals surface area contributed by atoms with Gasteiger partial charge in [0.2, 0.25) is 5.91 Å². The average Bonchev–Trinajstić information content (AvgIpc) is 2.88. The molecule has 6 heteroatoms. The van der Waals surface area contributed by atoms with Crippen LogP contribution < -0.4 is 0 Å². The molecule has 0 radical (unpaired) electrons. The standard InChI is InChI=1S/C17H22ClNO4/c1-17(2,11-5-4-6-12(18)7-11)16(22)19-10-14(23-3)8-13(19)9-15(20)21/h4-7,13-14H,8-10H2,1-3H3,(H,20,21). The molecule has 0 bridgehead atoms. The second-order valence-corrected chi connectivity index (χ2v) is 6.87. The normalized spacial score (nSPS) is 21.5. The van der Waals surface area contributed by atoms with E-state index in [9.17, 15) is 9.59 Å². The number of aliphatic carboxylic acids is 1. The number of likely N-dealkylation sites (tertiary alicyclic amines) is 1. The molecule has 0 saturated carbocycles. The van der Waals surface area contributed by atoms with E-state index >= 15 is 0 Å². The number of rotatable bonds is 5. The summed E-state index contributed by atoms with van der Waals surface area (Å²) in [5.74, 6) is -1.02. The zero-order valence-corrected chi connectivity index (χ0v) is 14.3. The molecule has 2 atom stereocenters. The van der Waals surface area contributed by atoms with Crippen LogP contribution in [0.4, 0.5) is 0 Å². The van der Waals surface area contributed by atoms with Crippen LogP contribution in [0.3, 0.4) is 0 Å². The van der Waals surface area contributed by atoms with E-state index in [1.54, 1.807) is 24.1 Å². The minimum absolute atomic E-state index is 0.0722. The van der Waals surface area contributed by atoms with E-state index in [4.69, 9.17) is 21.4 Å². The third-order valence-corrected chi connectivity index (χ3v) is 4.70. The lowest BCUT2D eigenvalue weighted by molar-refractivity contribution is -0.141. The van der Waals surface area contributed by atoms with Crippen LogP contribution in [-0.4, -0.2) is 47.7 Å². The van der Waals surface area contributed by atoms with Gasteiger partial charge in [0.15, 0.2) is 0 Å². The Bertz CT molecular complexity index is 602. The smallest absolute Gasteiger partial charge is 0.305 e. The lowest BCUT2D eigenvalue weighted by atomic mass is 9.83. The molecule has 1 fully saturated rings. The van der Waals surface area contributed by atoms with Gasteiger partial charge in [0.1, 0.15) is 0 Å². The molecular weight excluding hydrogens is 318 g/mol. The molecule has 2 rings (SSSR count). The van der Waals surface area contributed by atoms with Crippen molar-refractivity contribution in [2.24, 2.45) is 0 Å². The first-order valence-corrected chi connectivity index (χ1v) is 7.95. The number of halogens is 1. The number of amides is 1. The second-order valence-electron chi connectivity index (χ2n) is 6.44. The van der Waals surface area contributed by atoms with Gasteiger partial charge in [-0.3, -0.25) is 9.59 Å². The van der Waals surface area contributed by atoms with Gasteiger partial charge in [-0.25, -0.2) is 0 Å². The summed E-state index contributed by atoms with van der Waals surface area (Å²) in [5, 5.41) is 9.66. The van der Waals surface area contributed by atoms with E-state index in [0.717, 1.165) is 5.56 Å². The van der Waals surface area contributed by atoms with Crippen molar-refractivity contribution >= 4 is 23.5 Å². The molecule has 1 aliphatic heterocycles. The Balaban J connectivity index is 2.27. The first-order chi connectivity index (χ1) is 10.8. The number of carboxylic acids is 1. The van der Waals surface area contributed by atoms with Gasteiger partial charge in [-0.1, -0.05) is 23.7 Å². The molecule has 1 aromatic carbocycles. The van der Waals surface area contributed by atoms with Crippen molar-refractivity contribution in [3.63, 3.8) is 0 Å². The van der Waals surface area contributed by atoms with Crippen LogP contribution >= 0.6 is 11.6 Å². The van der Waals surface area contributed by atoms with Crippen LogP contribution in [0.2, 0.25) is 5.02 Å². The molecule has 5 nitrogen and oxygen atoms in total. The predicted molar refractivity (Wildman–Crippen MR) is 87.6 cm³/mol. The van der Waals surface area contributed by atoms with Gasteiger partial charge in [0, 0.05) is 24.7 Å². The Morgan fingerprint density at radius 3 is 2.70 bits per heavy atom. The molecule has 0 aromatic heterocycles. The summed E-state index contributed by atoms with van der Waals surface area (Å²) in [6.07, 6.45) is 0.343. The van der Waals surface area contributed by atoms with E-state index in [0.29, 0.717) is 18.0 Å². The predicted octanol–water partition coefficient (Wildman–Crippen LogP) is 2.71. The van der Waals surface area contributed by atoms with Crippen LogP contribution in [0.25, 0.3) is 0 Å². The van der Waals surface area contributed by atoms with Crippen molar-refractivity contribution < 1.29 is 19.4 Å². The molecule has 1 saturated heterocycles. The van der Waals surface area contributed by atoms with Gasteiger partial charge in [0.25, 0.3) is 0 Å². The summed E-state index contributed by atoms with van der Waals surface area (Å²) in [7, 11) is 1.58. The molecule has 1 N–H and O–H groups in total. The highest BCUT2D eigenvalue weighted by atomic mass is 35.5. The van der Waals surface area contributed by atoms with E-state index < -0.39 is 11.4 Å². The topological polar surface area (TPSA) is 66.8 Å². The SMILES string of the molecule is COC1CC(CC(=O)O)N(C(=O)C(C)(C)c2cccc(Cl)c2)C1. The summed E-state index contributed by atoms with van der Waals surface area (Å²) < 4.78 is 5.33. The number of methoxy groups -OCH3 is 1. The number of nitrogens with zero attached hydrogens (tertiary/aromatic N) is 1. The molecular formula is C17H22ClNO4. The summed E-state index contributed by atoms with van der Waals surface area (Å²) in [6, 6.07) is 6.86. The highest BCUT2D eigenvalue weighted by molar-refractivity contribution is 6.30. The summed E-state index contributed by atoms with van der Waals surface area (Å²) in [4.78, 5) is 25.8. The van der Waals surface area contributed by atoms with Crippen LogP contribution in [0.1, 0.15) is 32.3 Å². The van der Waals surface area contributed by atoms with Crippen LogP contribution in [0, 0.1) is 0 Å². The van der Waals surface area contributed by atoms with E-state index in [-0.39, 0.29) is 24.5 Å². The number of carbonyl (C=O) groups excluding carboxylic acids is 1. The third kappa shape index (κ3) is 3.85. The Morgan fingerprint density at radius 2 is 2.13 bits per heavy atom. The minimum atomic E-state index is -0.912. The molecule has 0 aliphatic carbocycles. The zero-order chi connectivity index (χ0) is 17.2. The van der Waals surface area contributed by atoms with Crippen molar-refractivity contribution in [2.45, 2.75) is 44.2 Å². The first-order valence-electron chi connectivity index (χ1n) is 7.57. The van der Waals surface area contributed by atoms with Gasteiger partial charge >= 0.3 is 5.97 Å². The highest BCUT2D eigenvalue weighted by Crippen LogP contribution is 2.32. The highest BCUT2D eigenvalue weighted by Gasteiger charge is 2.42. The number of ether oxygens (including phenoxy) is 1. The van der Waals surface area contributed by atoms with Gasteiger partial charge in [0.05, 0.1) is 17.9 Å². The third-order valence-electron chi connectivity index (χ3n) is 4.46. The maximum Gasteiger partial charge on any atom is 0.305 e. The summed E-state index contributed by atoms with van der Waals surface area (Å²) in [5.41, 5.74) is 0.0227. The Morgan fingerprint density at radius 1 is 1.43 bits per heavy atom. The summed E-state index contributed by atoms with van der Waals surface area (Å²) >= 11 is 6.04. The van der Waals surface area contributed by atoms with Crippen molar-refractivity contribution in [2.75, 3.05) is 13.7 Å². The number of benzene rings is 1. The lowest BCUT2D eigenvalue weighted by Crippen LogP contribution is -2.46. The fourth-order valence-corrected chi connectivity index (χ4v) is 3.24. The van der Waals surface area contributed by atoms with E-state index in [2.05, 4.69) is 0 Å². The van der Waals surface area contributed by atoms with Crippen molar-refractivity contribution in [3.05, 3.63) is 34.9 Å². The fourth-order valence-electron chi connectivity index (χ4n) is 3.05. The molecule has 1 aliphatic rings. The van der Waals surface area contributed by atoms with Gasteiger partial charge in [-0.15, -0.1) is 0 Å². The molecule has 126 valence electrons. The Hall–Kier alpha value is -1.59. The average molecular weight is 340 g/mol. The molecule has 0 spiro atoms. The van der Waals surface area contributed by atoms with Crippen molar-refractivity contribution in [3.8, 4) is 0 Å². The molecule has 1 amide bonds. The minimum Gasteiger partial charge on any atom is -0.481 e. The quantitative estimate of drug-likeness (QED) is 0.895. The molecule has 23 heavy (non-hydrogen) atoms. The number of hydrogen-bond acceptors (Lipinski definition) is 3. The molecule has 1 heterocycles. The van der Waals surface area contributed by atoms with Crippen molar-refractivity contribution in [1.29, 1.82) is 0 Å². The maximum atomic E-state index is 13.1. The van der Waals surface area contributed by atoms with Gasteiger partial charge < -0.3 is 14.7 Å². The largest absolute Gasteiger partial charge is 0.481 e. The van der Waals surface area contributed by atoms with Gasteiger partial charge in [-0.05, 0) is 38.0 Å². The van der Waals surface area contributed by atoms with E-state index in [1.165, 1.54) is 0 Å². The van der Waals surface area contributed by atoms with Crippen LogP contribution in [0.5, 0.6) is 0 Å². The maximum absolute atomic E-state index is 13.1. The Labute approximate surface area is 141 Å². The molecule has 1 aromatic rings. The van der Waals surface area contributed by atoms with Crippen LogP contribution in [0.15, 0.2) is 24.3 Å². The monoisotopic (exact) mass is 339 g/mol. The first kappa shape index (κ1) is 17.8. The number of carboxylic acid groups (broad SMARTS) is 1. The van der Waals surface area contributed by atoms with Crippen LogP contribution in [-0.2, 0) is 19.7 Å². The zero-order valence-electron chi connectivity index (χ0n) is 13.6. The van der Waals surface area contributed by atoms with Crippen molar-refractivity contribution in [1.82, 2.24) is 4.90 Å².